The van der Waals surface area contributed by atoms with Gasteiger partial charge < -0.3 is 28.8 Å². The first-order chi connectivity index (χ1) is 23.2. The van der Waals surface area contributed by atoms with Crippen LogP contribution in [-0.2, 0) is 22.9 Å². The van der Waals surface area contributed by atoms with E-state index in [9.17, 15) is 14.4 Å². The Morgan fingerprint density at radius 2 is 1.46 bits per heavy atom. The van der Waals surface area contributed by atoms with Crippen molar-refractivity contribution in [3.05, 3.63) is 11.6 Å². The lowest BCUT2D eigenvalue weighted by atomic mass is 9.77. The Morgan fingerprint density at radius 3 is 2.08 bits per heavy atom. The molecule has 1 aliphatic carbocycles. The van der Waals surface area contributed by atoms with E-state index in [4.69, 9.17) is 19.0 Å². The predicted molar refractivity (Wildman–Crippen MR) is 197 cm³/mol. The zero-order valence-corrected chi connectivity index (χ0v) is 32.3. The van der Waals surface area contributed by atoms with Crippen molar-refractivity contribution < 1.29 is 27.7 Å². The summed E-state index contributed by atoms with van der Waals surface area (Å²) < 4.78 is 17.6. The predicted octanol–water partition coefficient (Wildman–Crippen LogP) is 7.47. The summed E-state index contributed by atoms with van der Waals surface area (Å²) in [6, 6.07) is 0.415. The number of unbranched alkanes of at least 4 members (excludes halogenated alkanes) is 7. The first-order valence-electron chi connectivity index (χ1n) is 19.3. The van der Waals surface area contributed by atoms with E-state index in [0.717, 1.165) is 51.4 Å². The van der Waals surface area contributed by atoms with E-state index < -0.39 is 8.80 Å². The van der Waals surface area contributed by atoms with Gasteiger partial charge in [0, 0.05) is 70.9 Å². The van der Waals surface area contributed by atoms with Crippen LogP contribution >= 0.6 is 0 Å². The Kier molecular flexibility index (Phi) is 25.8. The van der Waals surface area contributed by atoms with Gasteiger partial charge in [-0.25, -0.2) is 4.79 Å². The maximum Gasteiger partial charge on any atom is 0.500 e. The molecule has 11 heteroatoms. The first kappa shape index (κ1) is 44.2. The van der Waals surface area contributed by atoms with Crippen molar-refractivity contribution in [2.24, 2.45) is 11.8 Å². The minimum atomic E-state index is -2.70. The minimum Gasteiger partial charge on any atom is -0.374 e. The number of hydrogen-bond acceptors (Lipinski definition) is 6. The number of nitrogens with zero attached hydrogens (tertiary/aromatic N) is 1. The number of carbonyl (C=O) groups excluding carboxylic acids is 3. The molecule has 10 nitrogen and oxygen atoms in total. The third-order valence-electron chi connectivity index (χ3n) is 9.12. The maximum atomic E-state index is 12.9. The fourth-order valence-electron chi connectivity index (χ4n) is 6.62. The van der Waals surface area contributed by atoms with Crippen molar-refractivity contribution in [2.45, 2.75) is 143 Å². The summed E-state index contributed by atoms with van der Waals surface area (Å²) in [5, 5.41) is 5.76. The molecule has 0 aromatic carbocycles. The monoisotopic (exact) mass is 696 g/mol. The average molecular weight is 696 g/mol. The number of carbonyl (C=O) groups is 3. The van der Waals surface area contributed by atoms with Gasteiger partial charge >= 0.3 is 14.8 Å². The highest BCUT2D eigenvalue weighted by atomic mass is 28.4. The molecule has 0 saturated carbocycles. The molecule has 0 spiro atoms. The van der Waals surface area contributed by atoms with Crippen molar-refractivity contribution in [3.63, 3.8) is 0 Å². The summed E-state index contributed by atoms with van der Waals surface area (Å²) in [6.45, 7) is 13.5. The SMILES string of the molecule is CCCCCCC1C=C(CCCCCCCC(=O)N(CC[NH])CCCNC(=O)NCCC[Si](OCC)(OCC)OCC)CC(C(C)=O)C1. The number of allylic oxidation sites excluding steroid dienone is 2. The smallest absolute Gasteiger partial charge is 0.374 e. The third kappa shape index (κ3) is 20.0. The Morgan fingerprint density at radius 1 is 0.833 bits per heavy atom. The first-order valence-corrected chi connectivity index (χ1v) is 21.2. The lowest BCUT2D eigenvalue weighted by Crippen LogP contribution is -2.46. The van der Waals surface area contributed by atoms with E-state index >= 15 is 0 Å². The van der Waals surface area contributed by atoms with E-state index in [1.54, 1.807) is 11.8 Å². The van der Waals surface area contributed by atoms with E-state index in [0.29, 0.717) is 83.0 Å². The van der Waals surface area contributed by atoms with E-state index in [1.807, 2.05) is 20.8 Å². The molecule has 3 N–H and O–H groups in total. The summed E-state index contributed by atoms with van der Waals surface area (Å²) in [5.41, 5.74) is 9.13. The molecule has 0 saturated heterocycles. The summed E-state index contributed by atoms with van der Waals surface area (Å²) in [7, 11) is -2.70. The van der Waals surface area contributed by atoms with Crippen LogP contribution in [0.4, 0.5) is 4.79 Å². The molecular formula is C37H71N4O6Si. The standard InChI is InChI=1S/C37H71N4O6Si/c1-6-10-11-15-20-33-29-34(31-35(30-33)32(5)42)21-16-13-12-14-17-22-36(43)41(27-23-38)26-18-24-39-37(44)40-25-19-28-48(45-7-2,46-8-3)47-9-4/h29,33,35,38H,6-28,30-31H2,1-5H3,(H2,39,40,44). The lowest BCUT2D eigenvalue weighted by Gasteiger charge is -2.28. The molecule has 0 bridgehead atoms. The van der Waals surface area contributed by atoms with Crippen LogP contribution in [0.3, 0.4) is 0 Å². The fraction of sp³-hybridized carbons (Fsp3) is 0.865. The van der Waals surface area contributed by atoms with Gasteiger partial charge in [-0.2, -0.15) is 0 Å². The van der Waals surface area contributed by atoms with Gasteiger partial charge in [-0.15, -0.1) is 0 Å². The van der Waals surface area contributed by atoms with Gasteiger partial charge in [0.25, 0.3) is 0 Å². The topological polar surface area (TPSA) is 130 Å². The third-order valence-corrected chi connectivity index (χ3v) is 12.3. The molecule has 2 atom stereocenters. The number of hydrogen-bond donors (Lipinski definition) is 2. The number of nitrogens with one attached hydrogen (secondary N) is 3. The summed E-state index contributed by atoms with van der Waals surface area (Å²) >= 11 is 0. The molecule has 1 radical (unpaired) electrons. The van der Waals surface area contributed by atoms with Crippen molar-refractivity contribution in [3.8, 4) is 0 Å². The van der Waals surface area contributed by atoms with Crippen LogP contribution < -0.4 is 16.4 Å². The summed E-state index contributed by atoms with van der Waals surface area (Å²) in [6.07, 6.45) is 19.1. The number of urea groups is 1. The molecule has 0 aromatic rings. The highest BCUT2D eigenvalue weighted by molar-refractivity contribution is 6.60. The molecule has 0 fully saturated rings. The molecule has 279 valence electrons. The highest BCUT2D eigenvalue weighted by Gasteiger charge is 2.39. The highest BCUT2D eigenvalue weighted by Crippen LogP contribution is 2.34. The van der Waals surface area contributed by atoms with Crippen molar-refractivity contribution >= 4 is 26.5 Å². The van der Waals surface area contributed by atoms with Crippen LogP contribution in [0.25, 0.3) is 0 Å². The molecule has 0 aromatic heterocycles. The zero-order valence-electron chi connectivity index (χ0n) is 31.3. The molecule has 0 heterocycles. The maximum absolute atomic E-state index is 12.9. The fourth-order valence-corrected chi connectivity index (χ4v) is 9.23. The van der Waals surface area contributed by atoms with E-state index in [1.165, 1.54) is 37.7 Å². The van der Waals surface area contributed by atoms with E-state index in [2.05, 4.69) is 23.6 Å². The van der Waals surface area contributed by atoms with Gasteiger partial charge in [0.15, 0.2) is 0 Å². The zero-order chi connectivity index (χ0) is 35.5. The van der Waals surface area contributed by atoms with Crippen LogP contribution in [0, 0.1) is 11.8 Å². The van der Waals surface area contributed by atoms with Crippen LogP contribution in [0.15, 0.2) is 11.6 Å². The van der Waals surface area contributed by atoms with Gasteiger partial charge in [-0.3, -0.25) is 15.3 Å². The molecule has 1 aliphatic rings. The molecule has 2 unspecified atom stereocenters. The number of amides is 3. The Bertz CT molecular complexity index is 888. The van der Waals surface area contributed by atoms with Crippen LogP contribution in [0.5, 0.6) is 0 Å². The van der Waals surface area contributed by atoms with Gasteiger partial charge in [0.1, 0.15) is 5.78 Å². The largest absolute Gasteiger partial charge is 0.500 e. The van der Waals surface area contributed by atoms with Crippen molar-refractivity contribution in [1.82, 2.24) is 21.3 Å². The van der Waals surface area contributed by atoms with Gasteiger partial charge in [0.2, 0.25) is 5.91 Å². The van der Waals surface area contributed by atoms with Crippen LogP contribution in [-0.4, -0.2) is 84.0 Å². The quantitative estimate of drug-likeness (QED) is 0.0456. The number of ketones is 1. The molecular weight excluding hydrogens is 625 g/mol. The molecule has 3 amide bonds. The normalized spacial score (nSPS) is 16.4. The summed E-state index contributed by atoms with van der Waals surface area (Å²) in [5.74, 6) is 1.22. The second kappa shape index (κ2) is 28.0. The van der Waals surface area contributed by atoms with Crippen molar-refractivity contribution in [1.29, 1.82) is 0 Å². The second-order valence-electron chi connectivity index (χ2n) is 13.2. The van der Waals surface area contributed by atoms with E-state index in [-0.39, 0.29) is 24.4 Å². The number of rotatable bonds is 30. The second-order valence-corrected chi connectivity index (χ2v) is 15.9. The van der Waals surface area contributed by atoms with Gasteiger partial charge in [-0.1, -0.05) is 63.5 Å². The Labute approximate surface area is 294 Å². The average Bonchev–Trinajstić information content (AvgIpc) is 3.06. The molecule has 1 rings (SSSR count). The van der Waals surface area contributed by atoms with Gasteiger partial charge in [0.05, 0.1) is 0 Å². The van der Waals surface area contributed by atoms with Crippen molar-refractivity contribution in [2.75, 3.05) is 52.5 Å². The Hall–Kier alpha value is -1.79. The summed E-state index contributed by atoms with van der Waals surface area (Å²) in [4.78, 5) is 39.1. The lowest BCUT2D eigenvalue weighted by molar-refractivity contribution is -0.131. The number of Topliss-reactive ketones (excluding diaryl/α,β-unsaturated/α-hetero) is 1. The molecule has 48 heavy (non-hydrogen) atoms. The minimum absolute atomic E-state index is 0.102. The van der Waals surface area contributed by atoms with Gasteiger partial charge in [-0.05, 0) is 85.0 Å². The van der Waals surface area contributed by atoms with Crippen LogP contribution in [0.2, 0.25) is 6.04 Å². The molecule has 0 aliphatic heterocycles. The van der Waals surface area contributed by atoms with Crippen LogP contribution in [0.1, 0.15) is 137 Å². The Balaban J connectivity index is 2.26.